The van der Waals surface area contributed by atoms with Gasteiger partial charge in [-0.2, -0.15) is 0 Å². The van der Waals surface area contributed by atoms with E-state index in [0.29, 0.717) is 36.4 Å². The van der Waals surface area contributed by atoms with E-state index < -0.39 is 0 Å². The summed E-state index contributed by atoms with van der Waals surface area (Å²) < 4.78 is 16.4. The molecule has 0 fully saturated rings. The van der Waals surface area contributed by atoms with Crippen LogP contribution in [0.25, 0.3) is 0 Å². The largest absolute Gasteiger partial charge is 0.483 e. The molecule has 1 aromatic rings. The molecule has 1 amide bonds. The van der Waals surface area contributed by atoms with Gasteiger partial charge in [0.25, 0.3) is 5.91 Å². The van der Waals surface area contributed by atoms with Crippen molar-refractivity contribution < 1.29 is 19.0 Å². The number of amides is 1. The normalized spacial score (nSPS) is 12.6. The van der Waals surface area contributed by atoms with Gasteiger partial charge in [0.1, 0.15) is 5.75 Å². The van der Waals surface area contributed by atoms with Crippen molar-refractivity contribution in [3.63, 3.8) is 0 Å². The van der Waals surface area contributed by atoms with E-state index >= 15 is 0 Å². The van der Waals surface area contributed by atoms with Gasteiger partial charge in [-0.3, -0.25) is 4.79 Å². The van der Waals surface area contributed by atoms with Crippen LogP contribution in [0, 0.1) is 0 Å². The van der Waals surface area contributed by atoms with Crippen molar-refractivity contribution >= 4 is 5.91 Å². The minimum Gasteiger partial charge on any atom is -0.483 e. The van der Waals surface area contributed by atoms with Crippen LogP contribution in [-0.4, -0.2) is 31.9 Å². The Morgan fingerprint density at radius 2 is 2.05 bits per heavy atom. The first-order valence-corrected chi connectivity index (χ1v) is 7.15. The SMILES string of the molecule is CCNC(=O)COc1cc2c(cc1CNC(C)C)OCO2. The van der Waals surface area contributed by atoms with Crippen molar-refractivity contribution in [2.75, 3.05) is 19.9 Å². The highest BCUT2D eigenvalue weighted by molar-refractivity contribution is 5.77. The summed E-state index contributed by atoms with van der Waals surface area (Å²) >= 11 is 0. The first kappa shape index (κ1) is 15.4. The number of rotatable bonds is 7. The van der Waals surface area contributed by atoms with E-state index in [1.807, 2.05) is 13.0 Å². The molecule has 6 nitrogen and oxygen atoms in total. The van der Waals surface area contributed by atoms with Crippen LogP contribution in [0.5, 0.6) is 17.2 Å². The van der Waals surface area contributed by atoms with Gasteiger partial charge in [-0.1, -0.05) is 13.8 Å². The highest BCUT2D eigenvalue weighted by Crippen LogP contribution is 2.38. The molecule has 2 N–H and O–H groups in total. The minimum absolute atomic E-state index is 0.0117. The second-order valence-electron chi connectivity index (χ2n) is 5.09. The number of ether oxygens (including phenoxy) is 3. The van der Waals surface area contributed by atoms with Crippen LogP contribution in [0.3, 0.4) is 0 Å². The van der Waals surface area contributed by atoms with Crippen molar-refractivity contribution in [3.8, 4) is 17.2 Å². The maximum Gasteiger partial charge on any atom is 0.257 e. The average Bonchev–Trinajstić information content (AvgIpc) is 2.89. The second-order valence-corrected chi connectivity index (χ2v) is 5.09. The maximum atomic E-state index is 11.5. The van der Waals surface area contributed by atoms with Gasteiger partial charge in [-0.25, -0.2) is 0 Å². The van der Waals surface area contributed by atoms with E-state index in [1.165, 1.54) is 0 Å². The summed E-state index contributed by atoms with van der Waals surface area (Å²) in [6.45, 7) is 7.44. The number of hydrogen-bond acceptors (Lipinski definition) is 5. The Labute approximate surface area is 124 Å². The topological polar surface area (TPSA) is 68.8 Å². The zero-order chi connectivity index (χ0) is 15.2. The van der Waals surface area contributed by atoms with Crippen LogP contribution in [0.15, 0.2) is 12.1 Å². The first-order chi connectivity index (χ1) is 10.1. The van der Waals surface area contributed by atoms with Crippen LogP contribution in [0.1, 0.15) is 26.3 Å². The fourth-order valence-electron chi connectivity index (χ4n) is 1.94. The van der Waals surface area contributed by atoms with Crippen LogP contribution < -0.4 is 24.8 Å². The van der Waals surface area contributed by atoms with Gasteiger partial charge >= 0.3 is 0 Å². The molecule has 0 saturated heterocycles. The van der Waals surface area contributed by atoms with Gasteiger partial charge in [-0.05, 0) is 13.0 Å². The van der Waals surface area contributed by atoms with E-state index in [4.69, 9.17) is 14.2 Å². The van der Waals surface area contributed by atoms with Crippen molar-refractivity contribution in [1.82, 2.24) is 10.6 Å². The smallest absolute Gasteiger partial charge is 0.257 e. The molecule has 0 aromatic heterocycles. The Morgan fingerprint density at radius 3 is 2.71 bits per heavy atom. The number of nitrogens with one attached hydrogen (secondary N) is 2. The Kier molecular flexibility index (Phi) is 5.27. The van der Waals surface area contributed by atoms with E-state index in [1.54, 1.807) is 6.07 Å². The molecular weight excluding hydrogens is 272 g/mol. The lowest BCUT2D eigenvalue weighted by Gasteiger charge is -2.14. The van der Waals surface area contributed by atoms with E-state index in [0.717, 1.165) is 5.56 Å². The van der Waals surface area contributed by atoms with Gasteiger partial charge in [0.05, 0.1) is 0 Å². The fourth-order valence-corrected chi connectivity index (χ4v) is 1.94. The Morgan fingerprint density at radius 1 is 1.33 bits per heavy atom. The Bertz CT molecular complexity index is 503. The standard InChI is InChI=1S/C15H22N2O4/c1-4-16-15(18)8-19-12-6-14-13(20-9-21-14)5-11(12)7-17-10(2)3/h5-6,10,17H,4,7-9H2,1-3H3,(H,16,18). The summed E-state index contributed by atoms with van der Waals surface area (Å²) in [6, 6.07) is 4.02. The van der Waals surface area contributed by atoms with E-state index in [9.17, 15) is 4.79 Å². The maximum absolute atomic E-state index is 11.5. The van der Waals surface area contributed by atoms with Crippen molar-refractivity contribution in [2.45, 2.75) is 33.4 Å². The number of carbonyl (C=O) groups is 1. The number of carbonyl (C=O) groups excluding carboxylic acids is 1. The molecule has 1 aliphatic rings. The zero-order valence-corrected chi connectivity index (χ0v) is 12.7. The third kappa shape index (κ3) is 4.26. The van der Waals surface area contributed by atoms with Crippen molar-refractivity contribution in [1.29, 1.82) is 0 Å². The molecular formula is C15H22N2O4. The van der Waals surface area contributed by atoms with Gasteiger partial charge in [0, 0.05) is 30.8 Å². The van der Waals surface area contributed by atoms with Crippen LogP contribution >= 0.6 is 0 Å². The summed E-state index contributed by atoms with van der Waals surface area (Å²) in [4.78, 5) is 11.5. The second kappa shape index (κ2) is 7.17. The quantitative estimate of drug-likeness (QED) is 0.796. The van der Waals surface area contributed by atoms with Crippen LogP contribution in [-0.2, 0) is 11.3 Å². The summed E-state index contributed by atoms with van der Waals surface area (Å²) in [5.41, 5.74) is 0.942. The van der Waals surface area contributed by atoms with Gasteiger partial charge < -0.3 is 24.8 Å². The van der Waals surface area contributed by atoms with Crippen LogP contribution in [0.2, 0.25) is 0 Å². The lowest BCUT2D eigenvalue weighted by Crippen LogP contribution is -2.29. The molecule has 0 spiro atoms. The number of fused-ring (bicyclic) bond motifs is 1. The summed E-state index contributed by atoms with van der Waals surface area (Å²) in [7, 11) is 0. The molecule has 0 radical (unpaired) electrons. The minimum atomic E-state index is -0.141. The van der Waals surface area contributed by atoms with Crippen molar-refractivity contribution in [2.24, 2.45) is 0 Å². The molecule has 0 aliphatic carbocycles. The zero-order valence-electron chi connectivity index (χ0n) is 12.7. The molecule has 116 valence electrons. The van der Waals surface area contributed by atoms with E-state index in [-0.39, 0.29) is 19.3 Å². The molecule has 0 saturated carbocycles. The summed E-state index contributed by atoms with van der Waals surface area (Å²) in [5.74, 6) is 1.85. The van der Waals surface area contributed by atoms with Crippen LogP contribution in [0.4, 0.5) is 0 Å². The molecule has 0 atom stereocenters. The summed E-state index contributed by atoms with van der Waals surface area (Å²) in [6.07, 6.45) is 0. The predicted octanol–water partition coefficient (Wildman–Crippen LogP) is 1.43. The molecule has 2 rings (SSSR count). The molecule has 6 heteroatoms. The Hall–Kier alpha value is -1.95. The summed E-state index contributed by atoms with van der Waals surface area (Å²) in [5, 5.41) is 6.03. The molecule has 0 unspecified atom stereocenters. The molecule has 1 aliphatic heterocycles. The monoisotopic (exact) mass is 294 g/mol. The number of likely N-dealkylation sites (N-methyl/N-ethyl adjacent to an activating group) is 1. The molecule has 1 aromatic carbocycles. The highest BCUT2D eigenvalue weighted by Gasteiger charge is 2.18. The molecule has 21 heavy (non-hydrogen) atoms. The predicted molar refractivity (Wildman–Crippen MR) is 78.7 cm³/mol. The average molecular weight is 294 g/mol. The van der Waals surface area contributed by atoms with Crippen molar-refractivity contribution in [3.05, 3.63) is 17.7 Å². The molecule has 1 heterocycles. The van der Waals surface area contributed by atoms with E-state index in [2.05, 4.69) is 24.5 Å². The third-order valence-electron chi connectivity index (χ3n) is 2.99. The lowest BCUT2D eigenvalue weighted by atomic mass is 10.1. The number of benzene rings is 1. The van der Waals surface area contributed by atoms with Gasteiger partial charge in [0.15, 0.2) is 18.1 Å². The highest BCUT2D eigenvalue weighted by atomic mass is 16.7. The number of hydrogen-bond donors (Lipinski definition) is 2. The first-order valence-electron chi connectivity index (χ1n) is 7.15. The third-order valence-corrected chi connectivity index (χ3v) is 2.99. The Balaban J connectivity index is 2.10. The van der Waals surface area contributed by atoms with Gasteiger partial charge in [0.2, 0.25) is 6.79 Å². The lowest BCUT2D eigenvalue weighted by molar-refractivity contribution is -0.123. The van der Waals surface area contributed by atoms with Gasteiger partial charge in [-0.15, -0.1) is 0 Å². The fraction of sp³-hybridized carbons (Fsp3) is 0.533. The molecule has 0 bridgehead atoms.